The summed E-state index contributed by atoms with van der Waals surface area (Å²) in [6.45, 7) is 4.86. The summed E-state index contributed by atoms with van der Waals surface area (Å²) >= 11 is 1.45. The normalized spacial score (nSPS) is 20.3. The molecule has 0 saturated carbocycles. The van der Waals surface area contributed by atoms with Crippen LogP contribution in [0, 0.1) is 29.6 Å². The molecule has 0 N–H and O–H groups in total. The predicted octanol–water partition coefficient (Wildman–Crippen LogP) is 4.95. The third-order valence-corrected chi connectivity index (χ3v) is 8.08. The van der Waals surface area contributed by atoms with E-state index in [1.165, 1.54) is 17.4 Å². The van der Waals surface area contributed by atoms with E-state index in [-0.39, 0.29) is 22.8 Å². The van der Waals surface area contributed by atoms with E-state index in [2.05, 4.69) is 0 Å². The molecule has 1 atom stereocenters. The Hall–Kier alpha value is -2.57. The number of rotatable bonds is 4. The molecule has 1 unspecified atom stereocenters. The van der Waals surface area contributed by atoms with Gasteiger partial charge in [0.1, 0.15) is 0 Å². The third-order valence-electron chi connectivity index (χ3n) is 7.08. The molecule has 176 valence electrons. The number of carbonyl (C=O) groups is 1. The van der Waals surface area contributed by atoms with E-state index in [0.717, 1.165) is 29.3 Å². The van der Waals surface area contributed by atoms with Crippen molar-refractivity contribution in [2.75, 3.05) is 44.8 Å². The number of nitrogens with zero attached hydrogens (tertiary/aromatic N) is 3. The topological polar surface area (TPSA) is 56.6 Å². The minimum atomic E-state index is -4.59. The van der Waals surface area contributed by atoms with Crippen LogP contribution in [0.15, 0.2) is 29.6 Å². The van der Waals surface area contributed by atoms with Gasteiger partial charge in [0.2, 0.25) is 0 Å². The van der Waals surface area contributed by atoms with Gasteiger partial charge in [-0.25, -0.2) is 0 Å². The Kier molecular flexibility index (Phi) is 6.43. The molecule has 0 aliphatic carbocycles. The molecule has 1 aromatic heterocycles. The van der Waals surface area contributed by atoms with Gasteiger partial charge in [-0.1, -0.05) is 0 Å². The van der Waals surface area contributed by atoms with Gasteiger partial charge in [-0.05, 0) is 60.4 Å². The quantitative estimate of drug-likeness (QED) is 0.625. The van der Waals surface area contributed by atoms with E-state index in [1.54, 1.807) is 19.2 Å². The van der Waals surface area contributed by atoms with E-state index in [9.17, 15) is 18.0 Å². The molecular formula is C24H26F3N3O2S. The molecule has 3 heterocycles. The standard InChI is InChI=1S/C24H26F3N3O2S/c1-16-5-10-33-21(16)22(31)29-8-6-23(7-9-29)15-30(13-18(23)14-32-2)19-4-3-17(12-28)20(11-19)24(25,26)27/h3-5,10-11,18H,6-9,13-15H2,1-2H3. The van der Waals surface area contributed by atoms with Gasteiger partial charge in [-0.15, -0.1) is 11.3 Å². The lowest BCUT2D eigenvalue weighted by atomic mass is 9.71. The molecule has 5 nitrogen and oxygen atoms in total. The summed E-state index contributed by atoms with van der Waals surface area (Å²) in [6, 6.07) is 7.51. The summed E-state index contributed by atoms with van der Waals surface area (Å²) in [5.74, 6) is 0.200. The molecule has 1 spiro atoms. The van der Waals surface area contributed by atoms with Gasteiger partial charge in [0.05, 0.1) is 28.7 Å². The number of halogens is 3. The molecule has 1 amide bonds. The summed E-state index contributed by atoms with van der Waals surface area (Å²) in [4.78, 5) is 17.6. The Bertz CT molecular complexity index is 1070. The number of nitriles is 1. The smallest absolute Gasteiger partial charge is 0.384 e. The maximum Gasteiger partial charge on any atom is 0.417 e. The fourth-order valence-corrected chi connectivity index (χ4v) is 6.07. The SMILES string of the molecule is COCC1CN(c2ccc(C#N)c(C(F)(F)F)c2)CC12CCN(C(=O)c1sccc1C)CC2. The van der Waals surface area contributed by atoms with Crippen molar-refractivity contribution in [2.45, 2.75) is 25.9 Å². The zero-order chi connectivity index (χ0) is 23.8. The fraction of sp³-hybridized carbons (Fsp3) is 0.500. The highest BCUT2D eigenvalue weighted by Gasteiger charge is 2.49. The van der Waals surface area contributed by atoms with E-state index >= 15 is 0 Å². The van der Waals surface area contributed by atoms with Crippen molar-refractivity contribution in [2.24, 2.45) is 11.3 Å². The highest BCUT2D eigenvalue weighted by atomic mass is 32.1. The second kappa shape index (κ2) is 8.99. The highest BCUT2D eigenvalue weighted by molar-refractivity contribution is 7.12. The van der Waals surface area contributed by atoms with Crippen LogP contribution in [0.5, 0.6) is 0 Å². The highest BCUT2D eigenvalue weighted by Crippen LogP contribution is 2.47. The first-order chi connectivity index (χ1) is 15.7. The summed E-state index contributed by atoms with van der Waals surface area (Å²) in [5.41, 5.74) is 0.0366. The average Bonchev–Trinajstić information content (AvgIpc) is 3.37. The lowest BCUT2D eigenvalue weighted by molar-refractivity contribution is -0.137. The number of aryl methyl sites for hydroxylation is 1. The van der Waals surface area contributed by atoms with Crippen LogP contribution >= 0.6 is 11.3 Å². The van der Waals surface area contributed by atoms with Crippen molar-refractivity contribution in [3.05, 3.63) is 51.2 Å². The Morgan fingerprint density at radius 1 is 1.30 bits per heavy atom. The predicted molar refractivity (Wildman–Crippen MR) is 120 cm³/mol. The number of anilines is 1. The maximum absolute atomic E-state index is 13.5. The minimum Gasteiger partial charge on any atom is -0.384 e. The monoisotopic (exact) mass is 477 g/mol. The van der Waals surface area contributed by atoms with E-state index in [4.69, 9.17) is 10.00 Å². The van der Waals surface area contributed by atoms with Gasteiger partial charge < -0.3 is 14.5 Å². The molecule has 2 aliphatic heterocycles. The van der Waals surface area contributed by atoms with Gasteiger partial charge in [-0.3, -0.25) is 4.79 Å². The Labute approximate surface area is 195 Å². The van der Waals surface area contributed by atoms with Gasteiger partial charge >= 0.3 is 6.18 Å². The van der Waals surface area contributed by atoms with Crippen LogP contribution in [-0.2, 0) is 10.9 Å². The van der Waals surface area contributed by atoms with Gasteiger partial charge in [0, 0.05) is 44.9 Å². The van der Waals surface area contributed by atoms with Gasteiger partial charge in [-0.2, -0.15) is 18.4 Å². The molecule has 1 aromatic carbocycles. The van der Waals surface area contributed by atoms with Crippen molar-refractivity contribution in [3.8, 4) is 6.07 Å². The molecule has 4 rings (SSSR count). The summed E-state index contributed by atoms with van der Waals surface area (Å²) in [7, 11) is 1.64. The molecule has 0 radical (unpaired) electrons. The number of benzene rings is 1. The van der Waals surface area contributed by atoms with Crippen LogP contribution in [0.25, 0.3) is 0 Å². The van der Waals surface area contributed by atoms with Crippen molar-refractivity contribution in [1.82, 2.24) is 4.90 Å². The summed E-state index contributed by atoms with van der Waals surface area (Å²) in [6.07, 6.45) is -3.04. The lowest BCUT2D eigenvalue weighted by Crippen LogP contribution is -2.47. The number of likely N-dealkylation sites (tertiary alicyclic amines) is 1. The van der Waals surface area contributed by atoms with Gasteiger partial charge in [0.25, 0.3) is 5.91 Å². The fourth-order valence-electron chi connectivity index (χ4n) is 5.18. The van der Waals surface area contributed by atoms with E-state index in [0.29, 0.717) is 38.5 Å². The minimum absolute atomic E-state index is 0.0532. The molecule has 9 heteroatoms. The molecule has 2 aliphatic rings. The van der Waals surface area contributed by atoms with Crippen LogP contribution in [0.4, 0.5) is 18.9 Å². The largest absolute Gasteiger partial charge is 0.417 e. The van der Waals surface area contributed by atoms with Crippen molar-refractivity contribution in [3.63, 3.8) is 0 Å². The first-order valence-corrected chi connectivity index (χ1v) is 11.7. The van der Waals surface area contributed by atoms with E-state index < -0.39 is 11.7 Å². The molecule has 2 fully saturated rings. The zero-order valence-corrected chi connectivity index (χ0v) is 19.4. The maximum atomic E-state index is 13.5. The number of thiophene rings is 1. The van der Waals surface area contributed by atoms with E-state index in [1.807, 2.05) is 28.2 Å². The van der Waals surface area contributed by atoms with Crippen LogP contribution in [-0.4, -0.2) is 50.7 Å². The van der Waals surface area contributed by atoms with Crippen molar-refractivity contribution in [1.29, 1.82) is 5.26 Å². The Morgan fingerprint density at radius 2 is 2.03 bits per heavy atom. The van der Waals surface area contributed by atoms with Crippen LogP contribution in [0.3, 0.4) is 0 Å². The first-order valence-electron chi connectivity index (χ1n) is 10.9. The van der Waals surface area contributed by atoms with Crippen LogP contribution < -0.4 is 4.90 Å². The zero-order valence-electron chi connectivity index (χ0n) is 18.6. The number of methoxy groups -OCH3 is 1. The first kappa shape index (κ1) is 23.6. The molecule has 2 aromatic rings. The molecule has 2 saturated heterocycles. The molecule has 33 heavy (non-hydrogen) atoms. The van der Waals surface area contributed by atoms with Crippen molar-refractivity contribution >= 4 is 22.9 Å². The molecule has 0 bridgehead atoms. The van der Waals surface area contributed by atoms with Crippen LogP contribution in [0.1, 0.15) is 39.2 Å². The number of ether oxygens (including phenoxy) is 1. The number of hydrogen-bond donors (Lipinski definition) is 0. The number of hydrogen-bond acceptors (Lipinski definition) is 5. The number of alkyl halides is 3. The number of piperidine rings is 1. The number of carbonyl (C=O) groups excluding carboxylic acids is 1. The van der Waals surface area contributed by atoms with Crippen LogP contribution in [0.2, 0.25) is 0 Å². The Balaban J connectivity index is 1.54. The lowest BCUT2D eigenvalue weighted by Gasteiger charge is -2.42. The Morgan fingerprint density at radius 3 is 2.61 bits per heavy atom. The third kappa shape index (κ3) is 4.46. The second-order valence-corrected chi connectivity index (χ2v) is 9.88. The summed E-state index contributed by atoms with van der Waals surface area (Å²) < 4.78 is 45.9. The summed E-state index contributed by atoms with van der Waals surface area (Å²) in [5, 5.41) is 11.0. The molecular weight excluding hydrogens is 451 g/mol. The second-order valence-electron chi connectivity index (χ2n) is 8.96. The van der Waals surface area contributed by atoms with Gasteiger partial charge in [0.15, 0.2) is 0 Å². The average molecular weight is 478 g/mol. The number of amides is 1. The van der Waals surface area contributed by atoms with Crippen molar-refractivity contribution < 1.29 is 22.7 Å².